The summed E-state index contributed by atoms with van der Waals surface area (Å²) in [7, 11) is 0. The number of aromatic nitrogens is 2. The predicted molar refractivity (Wildman–Crippen MR) is 127 cm³/mol. The molecule has 0 N–H and O–H groups in total. The molecule has 0 saturated carbocycles. The first-order chi connectivity index (χ1) is 14.9. The van der Waals surface area contributed by atoms with Crippen LogP contribution in [0.15, 0.2) is 60.0 Å². The zero-order valence-corrected chi connectivity index (χ0v) is 19.7. The maximum atomic E-state index is 6.60. The molecule has 1 saturated heterocycles. The average molecular weight is 437 g/mol. The molecule has 164 valence electrons. The van der Waals surface area contributed by atoms with E-state index in [-0.39, 0.29) is 6.10 Å². The fourth-order valence-corrected chi connectivity index (χ4v) is 5.40. The van der Waals surface area contributed by atoms with E-state index >= 15 is 0 Å². The first-order valence-electron chi connectivity index (χ1n) is 11.0. The van der Waals surface area contributed by atoms with Gasteiger partial charge in [0.2, 0.25) is 0 Å². The third kappa shape index (κ3) is 5.59. The molecule has 1 aliphatic rings. The van der Waals surface area contributed by atoms with Gasteiger partial charge in [0.15, 0.2) is 5.79 Å². The molecule has 2 unspecified atom stereocenters. The van der Waals surface area contributed by atoms with Crippen molar-refractivity contribution in [3.63, 3.8) is 0 Å². The molecule has 1 fully saturated rings. The largest absolute Gasteiger partial charge is 0.345 e. The Hall–Kier alpha value is -2.08. The highest BCUT2D eigenvalue weighted by molar-refractivity contribution is 7.99. The van der Waals surface area contributed by atoms with Crippen molar-refractivity contribution in [1.82, 2.24) is 9.55 Å². The molecule has 1 aromatic heterocycles. The van der Waals surface area contributed by atoms with Gasteiger partial charge in [-0.25, -0.2) is 4.98 Å². The van der Waals surface area contributed by atoms with E-state index < -0.39 is 5.79 Å². The molecule has 4 nitrogen and oxygen atoms in total. The molecular formula is C26H32N2O2S. The highest BCUT2D eigenvalue weighted by atomic mass is 32.2. The van der Waals surface area contributed by atoms with Crippen LogP contribution < -0.4 is 0 Å². The lowest BCUT2D eigenvalue weighted by molar-refractivity contribution is -0.180. The summed E-state index contributed by atoms with van der Waals surface area (Å²) in [5.41, 5.74) is 6.58. The summed E-state index contributed by atoms with van der Waals surface area (Å²) in [6, 6.07) is 13.2. The molecule has 3 aromatic rings. The lowest BCUT2D eigenvalue weighted by atomic mass is 10.0. The van der Waals surface area contributed by atoms with Crippen molar-refractivity contribution in [2.24, 2.45) is 0 Å². The number of ether oxygens (including phenoxy) is 2. The summed E-state index contributed by atoms with van der Waals surface area (Å²) in [6.45, 7) is 9.94. The Morgan fingerprint density at radius 2 is 1.81 bits per heavy atom. The van der Waals surface area contributed by atoms with Crippen molar-refractivity contribution >= 4 is 11.8 Å². The molecule has 4 rings (SSSR count). The predicted octanol–water partition coefficient (Wildman–Crippen LogP) is 5.65. The Morgan fingerprint density at radius 1 is 1.06 bits per heavy atom. The van der Waals surface area contributed by atoms with Crippen LogP contribution in [0.1, 0.15) is 34.2 Å². The van der Waals surface area contributed by atoms with Crippen LogP contribution in [0.2, 0.25) is 0 Å². The molecule has 0 amide bonds. The zero-order valence-electron chi connectivity index (χ0n) is 18.9. The van der Waals surface area contributed by atoms with Crippen LogP contribution in [0.4, 0.5) is 0 Å². The highest BCUT2D eigenvalue weighted by Gasteiger charge is 2.41. The molecule has 2 heterocycles. The van der Waals surface area contributed by atoms with Crippen molar-refractivity contribution in [3.05, 3.63) is 82.9 Å². The van der Waals surface area contributed by atoms with Crippen molar-refractivity contribution in [2.75, 3.05) is 12.4 Å². The number of benzene rings is 2. The van der Waals surface area contributed by atoms with Crippen molar-refractivity contribution in [3.8, 4) is 0 Å². The topological polar surface area (TPSA) is 36.3 Å². The maximum Gasteiger partial charge on any atom is 0.187 e. The van der Waals surface area contributed by atoms with Gasteiger partial charge in [0.1, 0.15) is 0 Å². The molecule has 0 spiro atoms. The Balaban J connectivity index is 1.43. The summed E-state index contributed by atoms with van der Waals surface area (Å²) in [6.07, 6.45) is 7.43. The van der Waals surface area contributed by atoms with Crippen LogP contribution in [0.3, 0.4) is 0 Å². The Bertz CT molecular complexity index is 978. The minimum Gasteiger partial charge on any atom is -0.345 e. The molecule has 5 heteroatoms. The van der Waals surface area contributed by atoms with Crippen LogP contribution in [0.25, 0.3) is 0 Å². The second-order valence-corrected chi connectivity index (χ2v) is 9.75. The van der Waals surface area contributed by atoms with Crippen molar-refractivity contribution in [2.45, 2.75) is 63.9 Å². The minimum atomic E-state index is -0.617. The van der Waals surface area contributed by atoms with E-state index in [0.29, 0.717) is 13.2 Å². The Kier molecular flexibility index (Phi) is 6.85. The molecule has 2 atom stereocenters. The number of aryl methyl sites for hydroxylation is 5. The van der Waals surface area contributed by atoms with Gasteiger partial charge in [-0.2, -0.15) is 0 Å². The monoisotopic (exact) mass is 436 g/mol. The maximum absolute atomic E-state index is 6.60. The Morgan fingerprint density at radius 3 is 2.48 bits per heavy atom. The summed E-state index contributed by atoms with van der Waals surface area (Å²) in [5, 5.41) is 0. The van der Waals surface area contributed by atoms with Crippen LogP contribution >= 0.6 is 11.8 Å². The van der Waals surface area contributed by atoms with Gasteiger partial charge >= 0.3 is 0 Å². The van der Waals surface area contributed by atoms with E-state index in [9.17, 15) is 0 Å². The third-order valence-electron chi connectivity index (χ3n) is 5.83. The fourth-order valence-electron chi connectivity index (χ4n) is 4.31. The molecule has 31 heavy (non-hydrogen) atoms. The van der Waals surface area contributed by atoms with Crippen LogP contribution in [-0.2, 0) is 22.4 Å². The third-order valence-corrected chi connectivity index (χ3v) is 7.30. The number of rotatable bonds is 8. The summed E-state index contributed by atoms with van der Waals surface area (Å²) in [5.74, 6) is 0.273. The van der Waals surface area contributed by atoms with Gasteiger partial charge < -0.3 is 14.0 Å². The van der Waals surface area contributed by atoms with Crippen LogP contribution in [0, 0.1) is 27.7 Å². The van der Waals surface area contributed by atoms with E-state index in [1.165, 1.54) is 32.7 Å². The normalized spacial score (nSPS) is 21.0. The quantitative estimate of drug-likeness (QED) is 0.427. The first-order valence-corrected chi connectivity index (χ1v) is 11.9. The SMILES string of the molecule is Cc1ccc(CCC2(Cn3ccnc3)OCC(CSc3c(C)cc(C)cc3C)O2)cc1. The fraction of sp³-hybridized carbons (Fsp3) is 0.423. The number of thioether (sulfide) groups is 1. The Labute approximate surface area is 190 Å². The number of hydrogen-bond acceptors (Lipinski definition) is 4. The van der Waals surface area contributed by atoms with Crippen molar-refractivity contribution < 1.29 is 9.47 Å². The first kappa shape index (κ1) is 22.1. The zero-order chi connectivity index (χ0) is 21.8. The molecule has 1 aliphatic heterocycles. The highest BCUT2D eigenvalue weighted by Crippen LogP contribution is 2.35. The summed E-state index contributed by atoms with van der Waals surface area (Å²) < 4.78 is 15.0. The summed E-state index contributed by atoms with van der Waals surface area (Å²) in [4.78, 5) is 5.55. The van der Waals surface area contributed by atoms with Gasteiger partial charge in [-0.3, -0.25) is 0 Å². The van der Waals surface area contributed by atoms with E-state index in [4.69, 9.17) is 9.47 Å². The summed E-state index contributed by atoms with van der Waals surface area (Å²) >= 11 is 1.88. The van der Waals surface area contributed by atoms with Gasteiger partial charge in [0.05, 0.1) is 25.6 Å². The van der Waals surface area contributed by atoms with E-state index in [2.05, 4.69) is 73.6 Å². The van der Waals surface area contributed by atoms with Crippen LogP contribution in [-0.4, -0.2) is 33.8 Å². The van der Waals surface area contributed by atoms with Crippen molar-refractivity contribution in [1.29, 1.82) is 0 Å². The second kappa shape index (κ2) is 9.60. The van der Waals surface area contributed by atoms with Gasteiger partial charge in [-0.15, -0.1) is 11.8 Å². The number of hydrogen-bond donors (Lipinski definition) is 0. The smallest absolute Gasteiger partial charge is 0.187 e. The van der Waals surface area contributed by atoms with E-state index in [0.717, 1.165) is 18.6 Å². The number of imidazole rings is 1. The van der Waals surface area contributed by atoms with E-state index in [1.54, 1.807) is 6.20 Å². The van der Waals surface area contributed by atoms with Gasteiger partial charge in [0, 0.05) is 29.5 Å². The minimum absolute atomic E-state index is 0.0756. The average Bonchev–Trinajstić information content (AvgIpc) is 3.37. The van der Waals surface area contributed by atoms with Gasteiger partial charge in [0.25, 0.3) is 0 Å². The standard InChI is InChI=1S/C26H32N2O2S/c1-19-5-7-23(8-6-19)9-10-26(17-28-12-11-27-18-28)29-15-24(30-26)16-31-25-21(3)13-20(2)14-22(25)4/h5-8,11-14,18,24H,9-10,15-17H2,1-4H3. The number of nitrogens with zero attached hydrogens (tertiary/aromatic N) is 2. The molecule has 0 aliphatic carbocycles. The molecule has 2 aromatic carbocycles. The lowest BCUT2D eigenvalue weighted by Gasteiger charge is -2.29. The van der Waals surface area contributed by atoms with Gasteiger partial charge in [-0.1, -0.05) is 47.5 Å². The molecule has 0 bridgehead atoms. The lowest BCUT2D eigenvalue weighted by Crippen LogP contribution is -2.37. The second-order valence-electron chi connectivity index (χ2n) is 8.72. The van der Waals surface area contributed by atoms with Gasteiger partial charge in [-0.05, 0) is 50.8 Å². The molecule has 0 radical (unpaired) electrons. The molecular weight excluding hydrogens is 404 g/mol. The van der Waals surface area contributed by atoms with E-state index in [1.807, 2.05) is 24.3 Å². The van der Waals surface area contributed by atoms with Crippen LogP contribution in [0.5, 0.6) is 0 Å².